The third kappa shape index (κ3) is 4.65. The Kier molecular flexibility index (Phi) is 5.79. The second-order valence-electron chi connectivity index (χ2n) is 6.96. The summed E-state index contributed by atoms with van der Waals surface area (Å²) in [6.45, 7) is 1.16. The monoisotopic (exact) mass is 345 g/mol. The van der Waals surface area contributed by atoms with Crippen LogP contribution >= 0.6 is 0 Å². The van der Waals surface area contributed by atoms with Crippen molar-refractivity contribution in [1.82, 2.24) is 10.6 Å². The van der Waals surface area contributed by atoms with Crippen LogP contribution in [0.3, 0.4) is 0 Å². The minimum atomic E-state index is -0.109. The van der Waals surface area contributed by atoms with Gasteiger partial charge in [0.25, 0.3) is 0 Å². The first-order valence-electron chi connectivity index (χ1n) is 9.14. The number of methoxy groups -OCH3 is 1. The molecule has 0 bridgehead atoms. The van der Waals surface area contributed by atoms with Gasteiger partial charge in [0.05, 0.1) is 7.11 Å². The van der Waals surface area contributed by atoms with Crippen LogP contribution in [-0.4, -0.2) is 38.2 Å². The van der Waals surface area contributed by atoms with Gasteiger partial charge in [-0.25, -0.2) is 4.79 Å². The number of benzene rings is 1. The quantitative estimate of drug-likeness (QED) is 0.862. The standard InChI is InChI=1S/C19H27N3O3/c1-25-17-9-7-16(8-10-17)22-13-14(11-18(22)23)12-20-19(24)21-15-5-3-2-4-6-15/h7-10,14-15H,2-6,11-13H2,1H3,(H2,20,21,24). The van der Waals surface area contributed by atoms with Crippen molar-refractivity contribution in [1.29, 1.82) is 0 Å². The van der Waals surface area contributed by atoms with E-state index in [0.29, 0.717) is 25.6 Å². The Morgan fingerprint density at radius 2 is 1.92 bits per heavy atom. The number of carbonyl (C=O) groups is 2. The zero-order valence-corrected chi connectivity index (χ0v) is 14.8. The molecule has 0 aromatic heterocycles. The van der Waals surface area contributed by atoms with Crippen molar-refractivity contribution in [3.05, 3.63) is 24.3 Å². The summed E-state index contributed by atoms with van der Waals surface area (Å²) in [6.07, 6.45) is 6.26. The molecule has 1 unspecified atom stereocenters. The molecule has 6 nitrogen and oxygen atoms in total. The van der Waals surface area contributed by atoms with E-state index in [2.05, 4.69) is 10.6 Å². The fourth-order valence-electron chi connectivity index (χ4n) is 3.65. The number of amides is 3. The van der Waals surface area contributed by atoms with Gasteiger partial charge in [0, 0.05) is 37.2 Å². The Morgan fingerprint density at radius 1 is 1.20 bits per heavy atom. The summed E-state index contributed by atoms with van der Waals surface area (Å²) in [5.74, 6) is 1.02. The maximum Gasteiger partial charge on any atom is 0.315 e. The number of hydrogen-bond acceptors (Lipinski definition) is 3. The Morgan fingerprint density at radius 3 is 2.60 bits per heavy atom. The molecule has 1 saturated carbocycles. The Labute approximate surface area is 148 Å². The largest absolute Gasteiger partial charge is 0.497 e. The summed E-state index contributed by atoms with van der Waals surface area (Å²) in [6, 6.07) is 7.68. The lowest BCUT2D eigenvalue weighted by Crippen LogP contribution is -2.44. The lowest BCUT2D eigenvalue weighted by molar-refractivity contribution is -0.117. The number of anilines is 1. The molecule has 2 aliphatic rings. The highest BCUT2D eigenvalue weighted by atomic mass is 16.5. The molecule has 1 atom stereocenters. The predicted molar refractivity (Wildman–Crippen MR) is 96.9 cm³/mol. The zero-order valence-electron chi connectivity index (χ0n) is 14.8. The summed E-state index contributed by atoms with van der Waals surface area (Å²) < 4.78 is 5.15. The number of carbonyl (C=O) groups excluding carboxylic acids is 2. The van der Waals surface area contributed by atoms with Crippen LogP contribution in [0, 0.1) is 5.92 Å². The van der Waals surface area contributed by atoms with Crippen molar-refractivity contribution in [2.75, 3.05) is 25.1 Å². The molecule has 3 rings (SSSR count). The number of nitrogens with zero attached hydrogens (tertiary/aromatic N) is 1. The Bertz CT molecular complexity index is 596. The maximum absolute atomic E-state index is 12.3. The van der Waals surface area contributed by atoms with Crippen LogP contribution in [0.5, 0.6) is 5.75 Å². The molecule has 136 valence electrons. The van der Waals surface area contributed by atoms with Crippen LogP contribution in [0.4, 0.5) is 10.5 Å². The fraction of sp³-hybridized carbons (Fsp3) is 0.579. The predicted octanol–water partition coefficient (Wildman–Crippen LogP) is 2.68. The third-order valence-corrected chi connectivity index (χ3v) is 5.08. The van der Waals surface area contributed by atoms with Crippen molar-refractivity contribution in [3.63, 3.8) is 0 Å². The second-order valence-corrected chi connectivity index (χ2v) is 6.96. The summed E-state index contributed by atoms with van der Waals surface area (Å²) >= 11 is 0. The summed E-state index contributed by atoms with van der Waals surface area (Å²) in [7, 11) is 1.62. The molecule has 0 radical (unpaired) electrons. The van der Waals surface area contributed by atoms with E-state index in [1.165, 1.54) is 19.3 Å². The summed E-state index contributed by atoms with van der Waals surface area (Å²) in [5.41, 5.74) is 0.875. The highest BCUT2D eigenvalue weighted by Crippen LogP contribution is 2.26. The van der Waals surface area contributed by atoms with Gasteiger partial charge in [0.15, 0.2) is 0 Å². The van der Waals surface area contributed by atoms with Gasteiger partial charge in [0.1, 0.15) is 5.75 Å². The molecule has 1 aromatic carbocycles. The molecule has 1 aromatic rings. The van der Waals surface area contributed by atoms with Gasteiger partial charge in [-0.2, -0.15) is 0 Å². The van der Waals surface area contributed by atoms with E-state index in [-0.39, 0.29) is 17.9 Å². The maximum atomic E-state index is 12.3. The first kappa shape index (κ1) is 17.6. The average molecular weight is 345 g/mol. The van der Waals surface area contributed by atoms with Crippen LogP contribution < -0.4 is 20.3 Å². The van der Waals surface area contributed by atoms with Gasteiger partial charge in [0.2, 0.25) is 5.91 Å². The Hall–Kier alpha value is -2.24. The lowest BCUT2D eigenvalue weighted by Gasteiger charge is -2.23. The lowest BCUT2D eigenvalue weighted by atomic mass is 9.96. The molecule has 1 aliphatic heterocycles. The average Bonchev–Trinajstić information content (AvgIpc) is 3.02. The van der Waals surface area contributed by atoms with Gasteiger partial charge in [-0.05, 0) is 37.1 Å². The van der Waals surface area contributed by atoms with E-state index in [9.17, 15) is 9.59 Å². The zero-order chi connectivity index (χ0) is 17.6. The van der Waals surface area contributed by atoms with E-state index in [1.807, 2.05) is 24.3 Å². The van der Waals surface area contributed by atoms with Gasteiger partial charge < -0.3 is 20.3 Å². The van der Waals surface area contributed by atoms with Gasteiger partial charge in [-0.1, -0.05) is 19.3 Å². The van der Waals surface area contributed by atoms with E-state index in [1.54, 1.807) is 12.0 Å². The van der Waals surface area contributed by atoms with Crippen LogP contribution in [0.25, 0.3) is 0 Å². The van der Waals surface area contributed by atoms with E-state index >= 15 is 0 Å². The van der Waals surface area contributed by atoms with Gasteiger partial charge >= 0.3 is 6.03 Å². The number of rotatable bonds is 5. The molecule has 1 saturated heterocycles. The highest BCUT2D eigenvalue weighted by Gasteiger charge is 2.30. The molecule has 25 heavy (non-hydrogen) atoms. The number of hydrogen-bond donors (Lipinski definition) is 2. The molecule has 3 amide bonds. The molecule has 2 N–H and O–H groups in total. The molecular weight excluding hydrogens is 318 g/mol. The van der Waals surface area contributed by atoms with Crippen molar-refractivity contribution in [2.45, 2.75) is 44.6 Å². The molecule has 6 heteroatoms. The molecule has 1 aliphatic carbocycles. The summed E-state index contributed by atoms with van der Waals surface area (Å²) in [4.78, 5) is 26.1. The van der Waals surface area contributed by atoms with Crippen LogP contribution in [-0.2, 0) is 4.79 Å². The molecule has 2 fully saturated rings. The number of urea groups is 1. The highest BCUT2D eigenvalue weighted by molar-refractivity contribution is 5.95. The molecule has 0 spiro atoms. The second kappa shape index (κ2) is 8.23. The van der Waals surface area contributed by atoms with Crippen LogP contribution in [0.2, 0.25) is 0 Å². The number of ether oxygens (including phenoxy) is 1. The normalized spacial score (nSPS) is 21.2. The van der Waals surface area contributed by atoms with E-state index < -0.39 is 0 Å². The minimum Gasteiger partial charge on any atom is -0.497 e. The van der Waals surface area contributed by atoms with Crippen molar-refractivity contribution < 1.29 is 14.3 Å². The van der Waals surface area contributed by atoms with E-state index in [4.69, 9.17) is 4.74 Å². The van der Waals surface area contributed by atoms with Gasteiger partial charge in [-0.3, -0.25) is 4.79 Å². The number of nitrogens with one attached hydrogen (secondary N) is 2. The molecule has 1 heterocycles. The van der Waals surface area contributed by atoms with Crippen molar-refractivity contribution in [3.8, 4) is 5.75 Å². The van der Waals surface area contributed by atoms with Crippen LogP contribution in [0.15, 0.2) is 24.3 Å². The van der Waals surface area contributed by atoms with Crippen LogP contribution in [0.1, 0.15) is 38.5 Å². The summed E-state index contributed by atoms with van der Waals surface area (Å²) in [5, 5.41) is 5.98. The third-order valence-electron chi connectivity index (χ3n) is 5.08. The van der Waals surface area contributed by atoms with Gasteiger partial charge in [-0.15, -0.1) is 0 Å². The van der Waals surface area contributed by atoms with E-state index in [0.717, 1.165) is 24.3 Å². The smallest absolute Gasteiger partial charge is 0.315 e. The SMILES string of the molecule is COc1ccc(N2CC(CNC(=O)NC3CCCCC3)CC2=O)cc1. The molecular formula is C19H27N3O3. The van der Waals surface area contributed by atoms with Crippen molar-refractivity contribution >= 4 is 17.6 Å². The fourth-order valence-corrected chi connectivity index (χ4v) is 3.65. The first-order chi connectivity index (χ1) is 12.2. The topological polar surface area (TPSA) is 70.7 Å². The first-order valence-corrected chi connectivity index (χ1v) is 9.14. The Balaban J connectivity index is 1.46. The minimum absolute atomic E-state index is 0.102. The van der Waals surface area contributed by atoms with Crippen molar-refractivity contribution in [2.24, 2.45) is 5.92 Å².